The minimum atomic E-state index is -0.138. The van der Waals surface area contributed by atoms with E-state index in [4.69, 9.17) is 0 Å². The van der Waals surface area contributed by atoms with E-state index in [2.05, 4.69) is 10.6 Å². The second-order valence-corrected chi connectivity index (χ2v) is 3.10. The van der Waals surface area contributed by atoms with Crippen LogP contribution in [0.2, 0.25) is 0 Å². The quantitative estimate of drug-likeness (QED) is 0.590. The molecule has 0 saturated carbocycles. The molecule has 1 amide bonds. The minimum absolute atomic E-state index is 0.0141. The van der Waals surface area contributed by atoms with Gasteiger partial charge in [-0.2, -0.15) is 0 Å². The molecule has 0 spiro atoms. The highest BCUT2D eigenvalue weighted by molar-refractivity contribution is 5.73. The van der Waals surface area contributed by atoms with Crippen molar-refractivity contribution < 1.29 is 4.79 Å². The molecule has 0 aromatic heterocycles. The summed E-state index contributed by atoms with van der Waals surface area (Å²) in [5, 5.41) is 5.82. The van der Waals surface area contributed by atoms with Gasteiger partial charge in [0, 0.05) is 19.0 Å². The van der Waals surface area contributed by atoms with Crippen molar-refractivity contribution in [2.75, 3.05) is 13.6 Å². The lowest BCUT2D eigenvalue weighted by Gasteiger charge is -2.24. The van der Waals surface area contributed by atoms with E-state index in [-0.39, 0.29) is 11.4 Å². The number of hydrogen-bond acceptors (Lipinski definition) is 2. The lowest BCUT2D eigenvalue weighted by Crippen LogP contribution is -2.48. The van der Waals surface area contributed by atoms with Crippen LogP contribution in [0.25, 0.3) is 0 Å². The first-order valence-corrected chi connectivity index (χ1v) is 3.41. The number of hydrogen-bond donors (Lipinski definition) is 2. The van der Waals surface area contributed by atoms with Crippen LogP contribution < -0.4 is 10.6 Å². The van der Waals surface area contributed by atoms with Crippen LogP contribution in [0.3, 0.4) is 0 Å². The van der Waals surface area contributed by atoms with E-state index in [0.717, 1.165) is 6.54 Å². The molecule has 0 radical (unpaired) electrons. The maximum atomic E-state index is 10.6. The molecule has 0 aliphatic heterocycles. The van der Waals surface area contributed by atoms with Crippen molar-refractivity contribution in [3.63, 3.8) is 0 Å². The van der Waals surface area contributed by atoms with Crippen molar-refractivity contribution in [1.82, 2.24) is 10.6 Å². The topological polar surface area (TPSA) is 41.1 Å². The van der Waals surface area contributed by atoms with E-state index in [1.54, 1.807) is 0 Å². The summed E-state index contributed by atoms with van der Waals surface area (Å²) >= 11 is 0. The summed E-state index contributed by atoms with van der Waals surface area (Å²) in [7, 11) is 1.86. The first-order chi connectivity index (χ1) is 4.48. The average Bonchev–Trinajstić information content (AvgIpc) is 1.59. The van der Waals surface area contributed by atoms with Crippen molar-refractivity contribution in [3.05, 3.63) is 0 Å². The molecule has 0 atom stereocenters. The molecule has 3 nitrogen and oxygen atoms in total. The van der Waals surface area contributed by atoms with Gasteiger partial charge in [0.15, 0.2) is 0 Å². The van der Waals surface area contributed by atoms with Crippen molar-refractivity contribution in [2.24, 2.45) is 0 Å². The van der Waals surface area contributed by atoms with Gasteiger partial charge in [0.05, 0.1) is 0 Å². The molecule has 0 fully saturated rings. The zero-order valence-corrected chi connectivity index (χ0v) is 7.12. The standard InChI is InChI=1S/C7H16N2O/c1-6(10)9-7(2,3)5-8-4/h8H,5H2,1-4H3,(H,9,10). The maximum absolute atomic E-state index is 10.6. The van der Waals surface area contributed by atoms with Crippen LogP contribution in [-0.4, -0.2) is 25.0 Å². The van der Waals surface area contributed by atoms with Gasteiger partial charge in [-0.3, -0.25) is 4.79 Å². The van der Waals surface area contributed by atoms with Crippen LogP contribution >= 0.6 is 0 Å². The van der Waals surface area contributed by atoms with Crippen LogP contribution in [-0.2, 0) is 4.79 Å². The predicted molar refractivity (Wildman–Crippen MR) is 41.8 cm³/mol. The smallest absolute Gasteiger partial charge is 0.217 e. The van der Waals surface area contributed by atoms with Crippen LogP contribution in [0.15, 0.2) is 0 Å². The van der Waals surface area contributed by atoms with E-state index in [0.29, 0.717) is 0 Å². The molecule has 0 aromatic carbocycles. The number of rotatable bonds is 3. The van der Waals surface area contributed by atoms with E-state index < -0.39 is 0 Å². The van der Waals surface area contributed by atoms with Gasteiger partial charge in [-0.1, -0.05) is 0 Å². The number of nitrogens with one attached hydrogen (secondary N) is 2. The Hall–Kier alpha value is -0.570. The molecule has 0 aliphatic rings. The van der Waals surface area contributed by atoms with Gasteiger partial charge in [0.25, 0.3) is 0 Å². The minimum Gasteiger partial charge on any atom is -0.350 e. The summed E-state index contributed by atoms with van der Waals surface area (Å²) in [6, 6.07) is 0. The lowest BCUT2D eigenvalue weighted by atomic mass is 10.1. The van der Waals surface area contributed by atoms with Crippen molar-refractivity contribution in [3.8, 4) is 0 Å². The zero-order chi connectivity index (χ0) is 8.20. The Morgan fingerprint density at radius 1 is 1.50 bits per heavy atom. The van der Waals surface area contributed by atoms with Crippen LogP contribution in [0.5, 0.6) is 0 Å². The summed E-state index contributed by atoms with van der Waals surface area (Å²) in [5.74, 6) is 0.0141. The Kier molecular flexibility index (Phi) is 3.36. The molecule has 0 aliphatic carbocycles. The van der Waals surface area contributed by atoms with Crippen LogP contribution in [0, 0.1) is 0 Å². The van der Waals surface area contributed by atoms with Gasteiger partial charge in [0.1, 0.15) is 0 Å². The molecule has 0 heterocycles. The molecular weight excluding hydrogens is 128 g/mol. The largest absolute Gasteiger partial charge is 0.350 e. The maximum Gasteiger partial charge on any atom is 0.217 e. The molecule has 0 bridgehead atoms. The van der Waals surface area contributed by atoms with Gasteiger partial charge in [-0.05, 0) is 20.9 Å². The summed E-state index contributed by atoms with van der Waals surface area (Å²) in [5.41, 5.74) is -0.138. The van der Waals surface area contributed by atoms with E-state index >= 15 is 0 Å². The second-order valence-electron chi connectivity index (χ2n) is 3.10. The number of amides is 1. The van der Waals surface area contributed by atoms with Gasteiger partial charge >= 0.3 is 0 Å². The fourth-order valence-electron chi connectivity index (χ4n) is 0.963. The fourth-order valence-corrected chi connectivity index (χ4v) is 0.963. The molecule has 0 saturated heterocycles. The van der Waals surface area contributed by atoms with E-state index in [1.807, 2.05) is 20.9 Å². The van der Waals surface area contributed by atoms with Crippen molar-refractivity contribution in [2.45, 2.75) is 26.3 Å². The highest BCUT2D eigenvalue weighted by Gasteiger charge is 2.16. The third kappa shape index (κ3) is 4.32. The number of carbonyl (C=O) groups excluding carboxylic acids is 1. The van der Waals surface area contributed by atoms with Crippen molar-refractivity contribution >= 4 is 5.91 Å². The lowest BCUT2D eigenvalue weighted by molar-refractivity contribution is -0.120. The monoisotopic (exact) mass is 144 g/mol. The molecule has 2 N–H and O–H groups in total. The summed E-state index contributed by atoms with van der Waals surface area (Å²) in [6.45, 7) is 6.26. The van der Waals surface area contributed by atoms with Crippen molar-refractivity contribution in [1.29, 1.82) is 0 Å². The first kappa shape index (κ1) is 9.43. The number of likely N-dealkylation sites (N-methyl/N-ethyl adjacent to an activating group) is 1. The Labute approximate surface area is 62.2 Å². The van der Waals surface area contributed by atoms with E-state index in [9.17, 15) is 4.79 Å². The van der Waals surface area contributed by atoms with Gasteiger partial charge < -0.3 is 10.6 Å². The first-order valence-electron chi connectivity index (χ1n) is 3.41. The predicted octanol–water partition coefficient (Wildman–Crippen LogP) is 0.120. The summed E-state index contributed by atoms with van der Waals surface area (Å²) in [4.78, 5) is 10.6. The van der Waals surface area contributed by atoms with Gasteiger partial charge in [0.2, 0.25) is 5.91 Å². The second kappa shape index (κ2) is 3.56. The Balaban J connectivity index is 3.74. The average molecular weight is 144 g/mol. The molecular formula is C7H16N2O. The normalized spacial score (nSPS) is 11.2. The van der Waals surface area contributed by atoms with Gasteiger partial charge in [-0.25, -0.2) is 0 Å². The fraction of sp³-hybridized carbons (Fsp3) is 0.857. The van der Waals surface area contributed by atoms with Crippen LogP contribution in [0.1, 0.15) is 20.8 Å². The molecule has 10 heavy (non-hydrogen) atoms. The summed E-state index contributed by atoms with van der Waals surface area (Å²) < 4.78 is 0. The van der Waals surface area contributed by atoms with Gasteiger partial charge in [-0.15, -0.1) is 0 Å². The third-order valence-corrected chi connectivity index (χ3v) is 1.13. The molecule has 60 valence electrons. The molecule has 0 aromatic rings. The highest BCUT2D eigenvalue weighted by atomic mass is 16.1. The zero-order valence-electron chi connectivity index (χ0n) is 7.12. The SMILES string of the molecule is CNCC(C)(C)NC(C)=O. The molecule has 0 rings (SSSR count). The Morgan fingerprint density at radius 2 is 2.00 bits per heavy atom. The molecule has 0 unspecified atom stereocenters. The third-order valence-electron chi connectivity index (χ3n) is 1.13. The Bertz CT molecular complexity index is 121. The summed E-state index contributed by atoms with van der Waals surface area (Å²) in [6.07, 6.45) is 0. The number of carbonyl (C=O) groups is 1. The highest BCUT2D eigenvalue weighted by Crippen LogP contribution is 1.97. The van der Waals surface area contributed by atoms with Crippen LogP contribution in [0.4, 0.5) is 0 Å². The van der Waals surface area contributed by atoms with E-state index in [1.165, 1.54) is 6.92 Å². The molecule has 3 heteroatoms. The Morgan fingerprint density at radius 3 is 2.30 bits per heavy atom.